The molecule has 1 atom stereocenters. The molecule has 0 aromatic heterocycles. The Morgan fingerprint density at radius 3 is 2.77 bits per heavy atom. The normalized spacial score (nSPS) is 18.9. The highest BCUT2D eigenvalue weighted by atomic mass is 32.2. The van der Waals surface area contributed by atoms with Crippen LogP contribution >= 0.6 is 11.8 Å². The van der Waals surface area contributed by atoms with Crippen LogP contribution in [0.4, 0.5) is 10.1 Å². The van der Waals surface area contributed by atoms with Gasteiger partial charge < -0.3 is 14.8 Å². The third-order valence-corrected chi connectivity index (χ3v) is 5.77. The number of hydrogen-bond donors (Lipinski definition) is 1. The predicted octanol–water partition coefficient (Wildman–Crippen LogP) is 3.21. The molecule has 156 valence electrons. The van der Waals surface area contributed by atoms with Crippen molar-refractivity contribution in [2.45, 2.75) is 25.1 Å². The van der Waals surface area contributed by atoms with Crippen LogP contribution in [0.25, 0.3) is 0 Å². The number of benzene rings is 2. The molecule has 2 heterocycles. The molecule has 2 amide bonds. The van der Waals surface area contributed by atoms with Crippen molar-refractivity contribution >= 4 is 34.4 Å². The Hall–Kier alpha value is -3.07. The standard InChI is InChI=1S/C21H20FN3O4S/c1-2-23-19(26)10-18-20(27)25(11-13-3-8-16-17(9-13)29-12-28-16)21(30-18)24-15-6-4-14(22)5-7-15/h3-9,18H,2,10-12H2,1H3,(H,23,26). The maximum atomic E-state index is 13.2. The van der Waals surface area contributed by atoms with E-state index in [4.69, 9.17) is 9.47 Å². The van der Waals surface area contributed by atoms with Crippen LogP contribution in [0.1, 0.15) is 18.9 Å². The Kier molecular flexibility index (Phi) is 5.89. The van der Waals surface area contributed by atoms with Crippen molar-refractivity contribution in [3.8, 4) is 11.5 Å². The highest BCUT2D eigenvalue weighted by Crippen LogP contribution is 2.36. The van der Waals surface area contributed by atoms with E-state index in [0.29, 0.717) is 28.9 Å². The number of fused-ring (bicyclic) bond motifs is 1. The van der Waals surface area contributed by atoms with E-state index in [1.807, 2.05) is 19.1 Å². The number of hydrogen-bond acceptors (Lipinski definition) is 6. The molecular formula is C21H20FN3O4S. The van der Waals surface area contributed by atoms with Crippen LogP contribution < -0.4 is 14.8 Å². The molecule has 1 unspecified atom stereocenters. The Labute approximate surface area is 177 Å². The molecule has 2 aromatic rings. The molecule has 1 fully saturated rings. The van der Waals surface area contributed by atoms with E-state index >= 15 is 0 Å². The lowest BCUT2D eigenvalue weighted by Gasteiger charge is -2.17. The number of thioether (sulfide) groups is 1. The van der Waals surface area contributed by atoms with E-state index in [0.717, 1.165) is 5.56 Å². The molecule has 0 aliphatic carbocycles. The van der Waals surface area contributed by atoms with Gasteiger partial charge in [-0.1, -0.05) is 17.8 Å². The van der Waals surface area contributed by atoms with Gasteiger partial charge in [-0.3, -0.25) is 14.5 Å². The fourth-order valence-electron chi connectivity index (χ4n) is 3.16. The number of ether oxygens (including phenoxy) is 2. The number of amidine groups is 1. The number of carbonyl (C=O) groups excluding carboxylic acids is 2. The van der Waals surface area contributed by atoms with Gasteiger partial charge in [-0.15, -0.1) is 0 Å². The van der Waals surface area contributed by atoms with Gasteiger partial charge in [0.25, 0.3) is 0 Å². The van der Waals surface area contributed by atoms with Gasteiger partial charge in [0.15, 0.2) is 16.7 Å². The molecule has 0 spiro atoms. The number of rotatable bonds is 6. The van der Waals surface area contributed by atoms with Crippen LogP contribution in [-0.2, 0) is 16.1 Å². The van der Waals surface area contributed by atoms with E-state index in [2.05, 4.69) is 10.3 Å². The first-order valence-corrected chi connectivity index (χ1v) is 10.4. The lowest BCUT2D eigenvalue weighted by Crippen LogP contribution is -2.34. The maximum Gasteiger partial charge on any atom is 0.242 e. The number of nitrogens with one attached hydrogen (secondary N) is 1. The first-order valence-electron chi connectivity index (χ1n) is 9.51. The molecular weight excluding hydrogens is 409 g/mol. The summed E-state index contributed by atoms with van der Waals surface area (Å²) < 4.78 is 24.0. The molecule has 9 heteroatoms. The fraction of sp³-hybridized carbons (Fsp3) is 0.286. The van der Waals surface area contributed by atoms with E-state index in [1.165, 1.54) is 23.9 Å². The van der Waals surface area contributed by atoms with E-state index < -0.39 is 5.25 Å². The van der Waals surface area contributed by atoms with Crippen LogP contribution in [0.2, 0.25) is 0 Å². The summed E-state index contributed by atoms with van der Waals surface area (Å²) in [6.45, 7) is 2.77. The van der Waals surface area contributed by atoms with Gasteiger partial charge in [0.2, 0.25) is 18.6 Å². The summed E-state index contributed by atoms with van der Waals surface area (Å²) in [6.07, 6.45) is 0.0669. The molecule has 1 N–H and O–H groups in total. The summed E-state index contributed by atoms with van der Waals surface area (Å²) in [5.74, 6) is 0.553. The largest absolute Gasteiger partial charge is 0.454 e. The van der Waals surface area contributed by atoms with Crippen LogP contribution in [-0.4, -0.2) is 40.5 Å². The quantitative estimate of drug-likeness (QED) is 0.763. The number of amides is 2. The Morgan fingerprint density at radius 2 is 2.00 bits per heavy atom. The molecule has 0 bridgehead atoms. The van der Waals surface area contributed by atoms with Crippen molar-refractivity contribution in [1.29, 1.82) is 0 Å². The van der Waals surface area contributed by atoms with Gasteiger partial charge in [0.05, 0.1) is 12.2 Å². The highest BCUT2D eigenvalue weighted by molar-refractivity contribution is 8.15. The van der Waals surface area contributed by atoms with Gasteiger partial charge in [-0.2, -0.15) is 0 Å². The summed E-state index contributed by atoms with van der Waals surface area (Å²) in [5, 5.41) is 2.63. The lowest BCUT2D eigenvalue weighted by molar-refractivity contribution is -0.129. The summed E-state index contributed by atoms with van der Waals surface area (Å²) in [5.41, 5.74) is 1.37. The molecule has 0 saturated carbocycles. The average Bonchev–Trinajstić information content (AvgIpc) is 3.30. The second kappa shape index (κ2) is 8.74. The molecule has 0 radical (unpaired) electrons. The molecule has 2 aliphatic rings. The summed E-state index contributed by atoms with van der Waals surface area (Å²) in [6, 6.07) is 11.2. The lowest BCUT2D eigenvalue weighted by atomic mass is 10.1. The average molecular weight is 429 g/mol. The van der Waals surface area contributed by atoms with Gasteiger partial charge in [-0.05, 0) is 48.9 Å². The minimum absolute atomic E-state index is 0.0669. The Balaban J connectivity index is 1.60. The SMILES string of the molecule is CCNC(=O)CC1SC(=Nc2ccc(F)cc2)N(Cc2ccc3c(c2)OCO3)C1=O. The van der Waals surface area contributed by atoms with Crippen LogP contribution in [0.3, 0.4) is 0 Å². The third-order valence-electron chi connectivity index (χ3n) is 4.59. The van der Waals surface area contributed by atoms with E-state index in [9.17, 15) is 14.0 Å². The monoisotopic (exact) mass is 429 g/mol. The minimum Gasteiger partial charge on any atom is -0.454 e. The zero-order valence-electron chi connectivity index (χ0n) is 16.3. The fourth-order valence-corrected chi connectivity index (χ4v) is 4.31. The number of carbonyl (C=O) groups is 2. The van der Waals surface area contributed by atoms with Crippen molar-refractivity contribution in [3.05, 3.63) is 53.8 Å². The zero-order chi connectivity index (χ0) is 21.1. The number of aliphatic imine (C=N–C) groups is 1. The van der Waals surface area contributed by atoms with Gasteiger partial charge in [0.1, 0.15) is 11.1 Å². The molecule has 2 aliphatic heterocycles. The maximum absolute atomic E-state index is 13.2. The molecule has 1 saturated heterocycles. The van der Waals surface area contributed by atoms with Crippen molar-refractivity contribution in [2.75, 3.05) is 13.3 Å². The summed E-state index contributed by atoms with van der Waals surface area (Å²) in [4.78, 5) is 31.2. The van der Waals surface area contributed by atoms with Crippen LogP contribution in [0.5, 0.6) is 11.5 Å². The Morgan fingerprint density at radius 1 is 1.23 bits per heavy atom. The molecule has 2 aromatic carbocycles. The summed E-state index contributed by atoms with van der Waals surface area (Å²) in [7, 11) is 0. The first kappa shape index (κ1) is 20.2. The van der Waals surface area contributed by atoms with Crippen molar-refractivity contribution in [2.24, 2.45) is 4.99 Å². The number of halogens is 1. The van der Waals surface area contributed by atoms with E-state index in [-0.39, 0.29) is 37.4 Å². The van der Waals surface area contributed by atoms with Gasteiger partial charge in [0, 0.05) is 13.0 Å². The summed E-state index contributed by atoms with van der Waals surface area (Å²) >= 11 is 1.24. The van der Waals surface area contributed by atoms with Crippen molar-refractivity contribution in [1.82, 2.24) is 10.2 Å². The minimum atomic E-state index is -0.565. The number of nitrogens with zero attached hydrogens (tertiary/aromatic N) is 2. The van der Waals surface area contributed by atoms with Gasteiger partial charge in [-0.25, -0.2) is 9.38 Å². The van der Waals surface area contributed by atoms with Crippen molar-refractivity contribution < 1.29 is 23.5 Å². The second-order valence-corrected chi connectivity index (χ2v) is 7.92. The van der Waals surface area contributed by atoms with Crippen LogP contribution in [0, 0.1) is 5.82 Å². The first-order chi connectivity index (χ1) is 14.5. The smallest absolute Gasteiger partial charge is 0.242 e. The Bertz CT molecular complexity index is 996. The molecule has 7 nitrogen and oxygen atoms in total. The third kappa shape index (κ3) is 4.40. The zero-order valence-corrected chi connectivity index (χ0v) is 17.1. The topological polar surface area (TPSA) is 80.2 Å². The highest BCUT2D eigenvalue weighted by Gasteiger charge is 2.39. The molecule has 30 heavy (non-hydrogen) atoms. The van der Waals surface area contributed by atoms with Crippen LogP contribution in [0.15, 0.2) is 47.5 Å². The molecule has 4 rings (SSSR count). The predicted molar refractivity (Wildman–Crippen MR) is 111 cm³/mol. The van der Waals surface area contributed by atoms with Crippen molar-refractivity contribution in [3.63, 3.8) is 0 Å². The second-order valence-electron chi connectivity index (χ2n) is 6.75. The van der Waals surface area contributed by atoms with E-state index in [1.54, 1.807) is 23.1 Å². The van der Waals surface area contributed by atoms with Gasteiger partial charge >= 0.3 is 0 Å².